The van der Waals surface area contributed by atoms with Gasteiger partial charge in [0.2, 0.25) is 5.91 Å². The highest BCUT2D eigenvalue weighted by Gasteiger charge is 2.35. The topological polar surface area (TPSA) is 276 Å². The zero-order valence-electron chi connectivity index (χ0n) is 20.7. The van der Waals surface area contributed by atoms with Crippen LogP contribution in [-0.2, 0) is 19.0 Å². The van der Waals surface area contributed by atoms with Crippen LogP contribution in [0, 0.1) is 0 Å². The monoisotopic (exact) mass is 548 g/mol. The van der Waals surface area contributed by atoms with Crippen LogP contribution in [0.1, 0.15) is 6.42 Å². The molecule has 0 radical (unpaired) electrons. The molecule has 0 bridgehead atoms. The number of amides is 1. The molecule has 0 aliphatic rings. The maximum Gasteiger partial charge on any atom is 0.225 e. The van der Waals surface area contributed by atoms with Gasteiger partial charge in [-0.3, -0.25) is 4.79 Å². The SMILES string of the molecule is NCCOCCOCCOCCC(=O)N(C[C@H](O)[C@@H](O)[C@H](O)[C@H](O)CO)C[C@H](O)[C@@H](O)[C@H](O)[C@H](O)CO. The van der Waals surface area contributed by atoms with Crippen LogP contribution in [0.3, 0.4) is 0 Å². The molecule has 0 heterocycles. The standard InChI is InChI=1S/C21H44N2O14/c22-2-4-36-6-8-37-7-5-35-3-1-17(30)23(9-13(26)18(31)20(33)15(28)11-24)10-14(27)19(32)21(34)16(29)12-25/h13-16,18-21,24-29,31-34H,1-12,22H2/t13-,14-,15+,16+,18+,19+,20+,21+/m0/s1. The first-order valence-corrected chi connectivity index (χ1v) is 11.9. The van der Waals surface area contributed by atoms with E-state index in [1.807, 2.05) is 0 Å². The van der Waals surface area contributed by atoms with Crippen molar-refractivity contribution in [1.82, 2.24) is 4.90 Å². The van der Waals surface area contributed by atoms with Crippen molar-refractivity contribution in [1.29, 1.82) is 0 Å². The summed E-state index contributed by atoms with van der Waals surface area (Å²) in [5.74, 6) is -0.719. The Hall–Kier alpha value is -1.09. The van der Waals surface area contributed by atoms with Gasteiger partial charge in [-0.25, -0.2) is 0 Å². The summed E-state index contributed by atoms with van der Waals surface area (Å²) in [5, 5.41) is 96.9. The minimum Gasteiger partial charge on any atom is -0.394 e. The third-order valence-corrected chi connectivity index (χ3v) is 5.28. The Balaban J connectivity index is 4.96. The van der Waals surface area contributed by atoms with Crippen molar-refractivity contribution in [3.05, 3.63) is 0 Å². The Kier molecular flexibility index (Phi) is 20.2. The first-order chi connectivity index (χ1) is 17.5. The molecule has 0 aromatic carbocycles. The molecule has 16 nitrogen and oxygen atoms in total. The van der Waals surface area contributed by atoms with E-state index in [1.54, 1.807) is 0 Å². The summed E-state index contributed by atoms with van der Waals surface area (Å²) in [7, 11) is 0. The second-order valence-corrected chi connectivity index (χ2v) is 8.27. The summed E-state index contributed by atoms with van der Waals surface area (Å²) in [6, 6.07) is 0. The molecule has 1 amide bonds. The second-order valence-electron chi connectivity index (χ2n) is 8.27. The van der Waals surface area contributed by atoms with E-state index in [9.17, 15) is 45.6 Å². The molecule has 0 aliphatic carbocycles. The van der Waals surface area contributed by atoms with Gasteiger partial charge in [0, 0.05) is 19.6 Å². The molecule has 37 heavy (non-hydrogen) atoms. The lowest BCUT2D eigenvalue weighted by Crippen LogP contribution is -2.54. The largest absolute Gasteiger partial charge is 0.394 e. The Labute approximate surface area is 215 Å². The van der Waals surface area contributed by atoms with Crippen molar-refractivity contribution in [3.8, 4) is 0 Å². The molecular weight excluding hydrogens is 504 g/mol. The molecule has 0 aromatic heterocycles. The van der Waals surface area contributed by atoms with Crippen LogP contribution in [0.25, 0.3) is 0 Å². The molecule has 0 spiro atoms. The number of carbonyl (C=O) groups excluding carboxylic acids is 1. The zero-order chi connectivity index (χ0) is 28.4. The van der Waals surface area contributed by atoms with E-state index < -0.39 is 81.0 Å². The fraction of sp³-hybridized carbons (Fsp3) is 0.952. The highest BCUT2D eigenvalue weighted by atomic mass is 16.5. The third-order valence-electron chi connectivity index (χ3n) is 5.28. The molecule has 16 heteroatoms. The first-order valence-electron chi connectivity index (χ1n) is 11.9. The molecule has 222 valence electrons. The molecule has 12 N–H and O–H groups in total. The quantitative estimate of drug-likeness (QED) is 0.0529. The molecule has 0 unspecified atom stereocenters. The van der Waals surface area contributed by atoms with Gasteiger partial charge in [-0.15, -0.1) is 0 Å². The number of carbonyl (C=O) groups is 1. The van der Waals surface area contributed by atoms with Crippen LogP contribution in [0.5, 0.6) is 0 Å². The van der Waals surface area contributed by atoms with Gasteiger partial charge in [-0.2, -0.15) is 0 Å². The van der Waals surface area contributed by atoms with Gasteiger partial charge in [-0.05, 0) is 0 Å². The summed E-state index contributed by atoms with van der Waals surface area (Å²) in [5.41, 5.74) is 5.28. The predicted octanol–water partition coefficient (Wildman–Crippen LogP) is -6.91. The van der Waals surface area contributed by atoms with Crippen molar-refractivity contribution in [2.24, 2.45) is 5.73 Å². The van der Waals surface area contributed by atoms with Crippen molar-refractivity contribution >= 4 is 5.91 Å². The van der Waals surface area contributed by atoms with E-state index in [-0.39, 0.29) is 26.2 Å². The molecule has 0 saturated carbocycles. The van der Waals surface area contributed by atoms with Crippen LogP contribution < -0.4 is 5.73 Å². The van der Waals surface area contributed by atoms with Gasteiger partial charge in [0.15, 0.2) is 0 Å². The minimum atomic E-state index is -2.00. The Bertz CT molecular complexity index is 547. The van der Waals surface area contributed by atoms with Gasteiger partial charge < -0.3 is 75.9 Å². The summed E-state index contributed by atoms with van der Waals surface area (Å²) in [6.45, 7) is -1.44. The van der Waals surface area contributed by atoms with E-state index in [4.69, 9.17) is 30.2 Å². The van der Waals surface area contributed by atoms with Crippen LogP contribution in [0.4, 0.5) is 0 Å². The molecule has 0 fully saturated rings. The number of nitrogens with two attached hydrogens (primary N) is 1. The highest BCUT2D eigenvalue weighted by molar-refractivity contribution is 5.76. The van der Waals surface area contributed by atoms with E-state index in [0.717, 1.165) is 4.90 Å². The average molecular weight is 549 g/mol. The van der Waals surface area contributed by atoms with Crippen molar-refractivity contribution in [3.63, 3.8) is 0 Å². The van der Waals surface area contributed by atoms with Gasteiger partial charge in [-0.1, -0.05) is 0 Å². The van der Waals surface area contributed by atoms with Crippen LogP contribution in [0.2, 0.25) is 0 Å². The lowest BCUT2D eigenvalue weighted by molar-refractivity contribution is -0.149. The van der Waals surface area contributed by atoms with E-state index in [0.29, 0.717) is 26.4 Å². The predicted molar refractivity (Wildman–Crippen MR) is 125 cm³/mol. The molecule has 0 saturated heterocycles. The zero-order valence-corrected chi connectivity index (χ0v) is 20.7. The summed E-state index contributed by atoms with van der Waals surface area (Å²) >= 11 is 0. The maximum absolute atomic E-state index is 12.7. The number of rotatable bonds is 23. The first kappa shape index (κ1) is 35.9. The number of aliphatic hydroxyl groups is 10. The van der Waals surface area contributed by atoms with Crippen LogP contribution in [-0.4, -0.2) is 183 Å². The molecule has 8 atom stereocenters. The maximum atomic E-state index is 12.7. The van der Waals surface area contributed by atoms with E-state index >= 15 is 0 Å². The second kappa shape index (κ2) is 20.8. The van der Waals surface area contributed by atoms with Gasteiger partial charge >= 0.3 is 0 Å². The van der Waals surface area contributed by atoms with Crippen molar-refractivity contribution in [2.75, 3.05) is 72.5 Å². The van der Waals surface area contributed by atoms with Crippen molar-refractivity contribution in [2.45, 2.75) is 55.3 Å². The summed E-state index contributed by atoms with van der Waals surface area (Å²) < 4.78 is 15.7. The van der Waals surface area contributed by atoms with E-state index in [1.165, 1.54) is 0 Å². The Morgan fingerprint density at radius 2 is 0.946 bits per heavy atom. The fourth-order valence-electron chi connectivity index (χ4n) is 3.02. The molecular formula is C21H44N2O14. The highest BCUT2D eigenvalue weighted by Crippen LogP contribution is 2.12. The van der Waals surface area contributed by atoms with Crippen LogP contribution >= 0.6 is 0 Å². The fourth-order valence-corrected chi connectivity index (χ4v) is 3.02. The Morgan fingerprint density at radius 3 is 1.32 bits per heavy atom. The normalized spacial score (nSPS) is 18.5. The lowest BCUT2D eigenvalue weighted by atomic mass is 10.0. The number of aliphatic hydroxyl groups excluding tert-OH is 10. The minimum absolute atomic E-state index is 0.0998. The van der Waals surface area contributed by atoms with Crippen molar-refractivity contribution < 1.29 is 70.1 Å². The number of nitrogens with zero attached hydrogens (tertiary/aromatic N) is 1. The number of hydrogen-bond acceptors (Lipinski definition) is 15. The van der Waals surface area contributed by atoms with Crippen LogP contribution in [0.15, 0.2) is 0 Å². The third kappa shape index (κ3) is 14.6. The molecule has 0 aromatic rings. The summed E-state index contributed by atoms with van der Waals surface area (Å²) in [4.78, 5) is 13.5. The summed E-state index contributed by atoms with van der Waals surface area (Å²) in [6.07, 6.45) is -15.4. The van der Waals surface area contributed by atoms with Gasteiger partial charge in [0.25, 0.3) is 0 Å². The average Bonchev–Trinajstić information content (AvgIpc) is 2.90. The van der Waals surface area contributed by atoms with Gasteiger partial charge in [0.1, 0.15) is 48.8 Å². The lowest BCUT2D eigenvalue weighted by Gasteiger charge is -2.33. The molecule has 0 rings (SSSR count). The molecule has 0 aliphatic heterocycles. The Morgan fingerprint density at radius 1 is 0.595 bits per heavy atom. The van der Waals surface area contributed by atoms with Gasteiger partial charge in [0.05, 0.1) is 59.3 Å². The number of hydrogen-bond donors (Lipinski definition) is 11. The number of ether oxygens (including phenoxy) is 3. The smallest absolute Gasteiger partial charge is 0.225 e. The van der Waals surface area contributed by atoms with E-state index in [2.05, 4.69) is 0 Å².